The molecule has 0 bridgehead atoms. The number of para-hydroxylation sites is 1. The van der Waals surface area contributed by atoms with E-state index in [9.17, 15) is 14.9 Å². The summed E-state index contributed by atoms with van der Waals surface area (Å²) in [4.78, 5) is 25.9. The monoisotopic (exact) mass is 485 g/mol. The highest BCUT2D eigenvalue weighted by Gasteiger charge is 2.34. The van der Waals surface area contributed by atoms with Gasteiger partial charge in [-0.25, -0.2) is 0 Å². The number of carbonyl (C=O) groups excluding carboxylic acids is 1. The molecule has 2 heterocycles. The number of nitro benzene ring substituents is 1. The average molecular weight is 486 g/mol. The molecule has 1 saturated heterocycles. The molecular weight excluding hydrogens is 470 g/mol. The number of rotatable bonds is 6. The zero-order chi connectivity index (χ0) is 22.8. The number of anilines is 1. The topological polar surface area (TPSA) is 77.6 Å². The zero-order valence-electron chi connectivity index (χ0n) is 16.7. The van der Waals surface area contributed by atoms with Crippen LogP contribution in [0.4, 0.5) is 11.4 Å². The summed E-state index contributed by atoms with van der Waals surface area (Å²) in [5.74, 6) is 0.240. The van der Waals surface area contributed by atoms with E-state index in [1.54, 1.807) is 42.5 Å². The normalized spacial score (nSPS) is 14.9. The minimum absolute atomic E-state index is 0.0508. The summed E-state index contributed by atoms with van der Waals surface area (Å²) in [5, 5.41) is 11.7. The standard InChI is InChI=1S/C22H16ClN3O4S2/c1-30-19-9-8-16(11-17(19)23)25-21(27)20(32-22(25)31)12-15-6-4-10-24(15)13-14-5-2-3-7-18(14)26(28)29/h2-12H,13H2,1H3/b20-12+. The van der Waals surface area contributed by atoms with Crippen LogP contribution in [-0.2, 0) is 11.3 Å². The minimum atomic E-state index is -0.399. The first-order chi connectivity index (χ1) is 15.4. The smallest absolute Gasteiger partial charge is 0.274 e. The van der Waals surface area contributed by atoms with Gasteiger partial charge in [0.2, 0.25) is 0 Å². The number of thiocarbonyl (C=S) groups is 1. The predicted octanol–water partition coefficient (Wildman–Crippen LogP) is 5.51. The Hall–Kier alpha value is -3.14. The van der Waals surface area contributed by atoms with Crippen molar-refractivity contribution in [1.29, 1.82) is 0 Å². The van der Waals surface area contributed by atoms with Crippen molar-refractivity contribution in [2.45, 2.75) is 6.54 Å². The maximum atomic E-state index is 13.1. The first-order valence-electron chi connectivity index (χ1n) is 9.38. The third kappa shape index (κ3) is 4.27. The van der Waals surface area contributed by atoms with Gasteiger partial charge in [-0.2, -0.15) is 0 Å². The van der Waals surface area contributed by atoms with Crippen molar-refractivity contribution in [3.05, 3.63) is 92.1 Å². The molecule has 0 N–H and O–H groups in total. The summed E-state index contributed by atoms with van der Waals surface area (Å²) in [5.41, 5.74) is 1.91. The van der Waals surface area contributed by atoms with E-state index >= 15 is 0 Å². The molecule has 4 rings (SSSR count). The van der Waals surface area contributed by atoms with Crippen molar-refractivity contribution in [3.63, 3.8) is 0 Å². The molecule has 1 amide bonds. The van der Waals surface area contributed by atoms with Gasteiger partial charge < -0.3 is 9.30 Å². The van der Waals surface area contributed by atoms with E-state index in [0.717, 1.165) is 5.69 Å². The van der Waals surface area contributed by atoms with Crippen molar-refractivity contribution < 1.29 is 14.5 Å². The lowest BCUT2D eigenvalue weighted by atomic mass is 10.2. The Labute approximate surface area is 198 Å². The average Bonchev–Trinajstić information content (AvgIpc) is 3.31. The Morgan fingerprint density at radius 2 is 2.00 bits per heavy atom. The largest absolute Gasteiger partial charge is 0.495 e. The number of nitrogens with zero attached hydrogens (tertiary/aromatic N) is 3. The summed E-state index contributed by atoms with van der Waals surface area (Å²) in [6.07, 6.45) is 3.55. The molecule has 0 atom stereocenters. The van der Waals surface area contributed by atoms with E-state index in [1.807, 2.05) is 22.9 Å². The first kappa shape index (κ1) is 22.1. The number of ether oxygens (including phenoxy) is 1. The first-order valence-corrected chi connectivity index (χ1v) is 11.0. The van der Waals surface area contributed by atoms with Gasteiger partial charge >= 0.3 is 0 Å². The van der Waals surface area contributed by atoms with E-state index in [0.29, 0.717) is 37.8 Å². The number of carbonyl (C=O) groups is 1. The summed E-state index contributed by atoms with van der Waals surface area (Å²) >= 11 is 12.8. The molecule has 10 heteroatoms. The predicted molar refractivity (Wildman–Crippen MR) is 130 cm³/mol. The third-order valence-corrected chi connectivity index (χ3v) is 6.46. The van der Waals surface area contributed by atoms with E-state index in [1.165, 1.54) is 29.8 Å². The van der Waals surface area contributed by atoms with Crippen LogP contribution in [0.3, 0.4) is 0 Å². The quantitative estimate of drug-likeness (QED) is 0.198. The van der Waals surface area contributed by atoms with Gasteiger partial charge in [-0.3, -0.25) is 19.8 Å². The van der Waals surface area contributed by atoms with Crippen LogP contribution in [-0.4, -0.2) is 26.8 Å². The molecule has 0 unspecified atom stereocenters. The molecule has 0 saturated carbocycles. The van der Waals surface area contributed by atoms with Crippen LogP contribution < -0.4 is 9.64 Å². The van der Waals surface area contributed by atoms with E-state index in [2.05, 4.69) is 0 Å². The molecule has 0 spiro atoms. The molecule has 7 nitrogen and oxygen atoms in total. The van der Waals surface area contributed by atoms with Gasteiger partial charge in [0.25, 0.3) is 11.6 Å². The number of hydrogen-bond donors (Lipinski definition) is 0. The van der Waals surface area contributed by atoms with Crippen LogP contribution in [0, 0.1) is 10.1 Å². The minimum Gasteiger partial charge on any atom is -0.495 e. The Morgan fingerprint density at radius 1 is 1.22 bits per heavy atom. The maximum Gasteiger partial charge on any atom is 0.274 e. The summed E-state index contributed by atoms with van der Waals surface area (Å²) in [6, 6.07) is 15.3. The summed E-state index contributed by atoms with van der Waals surface area (Å²) in [7, 11) is 1.52. The lowest BCUT2D eigenvalue weighted by Crippen LogP contribution is -2.27. The Morgan fingerprint density at radius 3 is 2.72 bits per heavy atom. The second kappa shape index (κ2) is 9.15. The van der Waals surface area contributed by atoms with Gasteiger partial charge in [-0.1, -0.05) is 53.8 Å². The molecule has 162 valence electrons. The SMILES string of the molecule is COc1ccc(N2C(=O)/C(=C\c3cccn3Cc3ccccc3[N+](=O)[O-])SC2=S)cc1Cl. The van der Waals surface area contributed by atoms with E-state index in [4.69, 9.17) is 28.6 Å². The van der Waals surface area contributed by atoms with Gasteiger partial charge in [0.1, 0.15) is 5.75 Å². The van der Waals surface area contributed by atoms with Crippen molar-refractivity contribution in [3.8, 4) is 5.75 Å². The van der Waals surface area contributed by atoms with Crippen LogP contribution >= 0.6 is 35.6 Å². The van der Waals surface area contributed by atoms with Crippen LogP contribution in [0.2, 0.25) is 5.02 Å². The Kier molecular flexibility index (Phi) is 6.31. The van der Waals surface area contributed by atoms with Crippen LogP contribution in [0.15, 0.2) is 65.7 Å². The fraction of sp³-hybridized carbons (Fsp3) is 0.0909. The summed E-state index contributed by atoms with van der Waals surface area (Å²) < 4.78 is 7.40. The van der Waals surface area contributed by atoms with Gasteiger partial charge in [-0.05, 0) is 36.4 Å². The molecule has 2 aromatic carbocycles. The molecule has 1 aliphatic heterocycles. The van der Waals surface area contributed by atoms with Gasteiger partial charge in [-0.15, -0.1) is 0 Å². The fourth-order valence-electron chi connectivity index (χ4n) is 3.33. The number of nitro groups is 1. The van der Waals surface area contributed by atoms with E-state index < -0.39 is 4.92 Å². The molecule has 0 aliphatic carbocycles. The highest BCUT2D eigenvalue weighted by Crippen LogP contribution is 2.38. The molecule has 1 fully saturated rings. The van der Waals surface area contributed by atoms with Crippen LogP contribution in [0.5, 0.6) is 5.75 Å². The number of benzene rings is 2. The Balaban J connectivity index is 1.62. The fourth-order valence-corrected chi connectivity index (χ4v) is 4.86. The lowest BCUT2D eigenvalue weighted by molar-refractivity contribution is -0.385. The number of thioether (sulfide) groups is 1. The highest BCUT2D eigenvalue weighted by molar-refractivity contribution is 8.27. The maximum absolute atomic E-state index is 13.1. The van der Waals surface area contributed by atoms with Gasteiger partial charge in [0.15, 0.2) is 4.32 Å². The second-order valence-electron chi connectivity index (χ2n) is 6.78. The molecule has 3 aromatic rings. The van der Waals surface area contributed by atoms with Crippen molar-refractivity contribution >= 4 is 63.3 Å². The molecule has 0 radical (unpaired) electrons. The number of halogens is 1. The molecule has 1 aromatic heterocycles. The molecular formula is C22H16ClN3O4S2. The van der Waals surface area contributed by atoms with Crippen molar-refractivity contribution in [2.75, 3.05) is 12.0 Å². The third-order valence-electron chi connectivity index (χ3n) is 4.86. The van der Waals surface area contributed by atoms with Gasteiger partial charge in [0.05, 0.1) is 34.2 Å². The van der Waals surface area contributed by atoms with Crippen LogP contribution in [0.1, 0.15) is 11.3 Å². The van der Waals surface area contributed by atoms with E-state index in [-0.39, 0.29) is 11.6 Å². The molecule has 32 heavy (non-hydrogen) atoms. The Bertz CT molecular complexity index is 1270. The zero-order valence-corrected chi connectivity index (χ0v) is 19.1. The van der Waals surface area contributed by atoms with Crippen LogP contribution in [0.25, 0.3) is 6.08 Å². The van der Waals surface area contributed by atoms with Gasteiger partial charge in [0, 0.05) is 23.5 Å². The van der Waals surface area contributed by atoms with Crippen molar-refractivity contribution in [1.82, 2.24) is 4.57 Å². The number of hydrogen-bond acceptors (Lipinski definition) is 6. The number of amides is 1. The van der Waals surface area contributed by atoms with Crippen molar-refractivity contribution in [2.24, 2.45) is 0 Å². The summed E-state index contributed by atoms with van der Waals surface area (Å²) in [6.45, 7) is 0.296. The highest BCUT2D eigenvalue weighted by atomic mass is 35.5. The molecule has 1 aliphatic rings. The number of aromatic nitrogens is 1. The number of methoxy groups -OCH3 is 1. The lowest BCUT2D eigenvalue weighted by Gasteiger charge is -2.15. The second-order valence-corrected chi connectivity index (χ2v) is 8.87.